The molecule has 1 aromatic carbocycles. The third-order valence-corrected chi connectivity index (χ3v) is 9.96. The molecule has 0 bridgehead atoms. The number of hydrogen-bond acceptors (Lipinski definition) is 6. The Morgan fingerprint density at radius 2 is 1.89 bits per heavy atom. The van der Waals surface area contributed by atoms with E-state index in [1.54, 1.807) is 4.68 Å². The molecule has 1 aromatic heterocycles. The minimum absolute atomic E-state index is 0.00890. The quantitative estimate of drug-likeness (QED) is 0.409. The molecule has 1 saturated carbocycles. The number of alkyl halides is 3. The second-order valence-electron chi connectivity index (χ2n) is 13.0. The van der Waals surface area contributed by atoms with E-state index in [1.807, 2.05) is 26.2 Å². The number of likely N-dealkylation sites (tertiary alicyclic amines) is 1. The minimum atomic E-state index is -4.29. The molecule has 3 heterocycles. The lowest BCUT2D eigenvalue weighted by molar-refractivity contribution is -0.202. The molecule has 2 aliphatic heterocycles. The number of piperidine rings is 1. The zero-order chi connectivity index (χ0) is 31.8. The molecule has 3 atom stereocenters. The number of fused-ring (bicyclic) bond motifs is 1. The predicted molar refractivity (Wildman–Crippen MR) is 164 cm³/mol. The fourth-order valence-corrected chi connectivity index (χ4v) is 7.60. The number of aryl methyl sites for hydroxylation is 1. The first kappa shape index (κ1) is 32.5. The highest BCUT2D eigenvalue weighted by Crippen LogP contribution is 2.39. The van der Waals surface area contributed by atoms with Crippen LogP contribution < -0.4 is 15.5 Å². The van der Waals surface area contributed by atoms with Gasteiger partial charge >= 0.3 is 6.18 Å². The Morgan fingerprint density at radius 1 is 1.18 bits per heavy atom. The monoisotopic (exact) mass is 620 g/mol. The zero-order valence-electron chi connectivity index (χ0n) is 26.5. The molecule has 3 aliphatic rings. The molecule has 2 N–H and O–H groups in total. The zero-order valence-corrected chi connectivity index (χ0v) is 26.5. The van der Waals surface area contributed by atoms with Crippen LogP contribution in [0.1, 0.15) is 75.7 Å². The van der Waals surface area contributed by atoms with Crippen molar-refractivity contribution in [2.24, 2.45) is 18.9 Å². The number of rotatable bonds is 10. The molecule has 2 saturated heterocycles. The van der Waals surface area contributed by atoms with Gasteiger partial charge in [-0.1, -0.05) is 13.8 Å². The van der Waals surface area contributed by atoms with Crippen LogP contribution in [-0.4, -0.2) is 89.7 Å². The summed E-state index contributed by atoms with van der Waals surface area (Å²) in [5.41, 5.74) is 3.54. The number of nitrogens with one attached hydrogen (secondary N) is 2. The van der Waals surface area contributed by atoms with E-state index in [0.717, 1.165) is 60.8 Å². The smallest absolute Gasteiger partial charge is 0.368 e. The second kappa shape index (κ2) is 13.2. The molecular weight excluding hydrogens is 573 g/mol. The highest BCUT2D eigenvalue weighted by molar-refractivity contribution is 6.05. The lowest BCUT2D eigenvalue weighted by atomic mass is 9.84. The third-order valence-electron chi connectivity index (χ3n) is 9.96. The van der Waals surface area contributed by atoms with Gasteiger partial charge in [0.05, 0.1) is 29.4 Å². The van der Waals surface area contributed by atoms with Crippen molar-refractivity contribution in [1.29, 1.82) is 0 Å². The van der Waals surface area contributed by atoms with Gasteiger partial charge in [0.2, 0.25) is 5.91 Å². The van der Waals surface area contributed by atoms with Crippen LogP contribution in [0.2, 0.25) is 0 Å². The van der Waals surface area contributed by atoms with E-state index in [2.05, 4.69) is 46.3 Å². The van der Waals surface area contributed by atoms with Crippen LogP contribution in [0.25, 0.3) is 10.9 Å². The molecule has 3 fully saturated rings. The van der Waals surface area contributed by atoms with Crippen LogP contribution in [0.15, 0.2) is 12.3 Å². The SMILES string of the molecule is CCc1c(C(=O)NCC2C(=O)NC(C)CC2C)cc2c(cnn2C)c1N(CC)C1CCC(N2CC(OCC(F)(F)F)C2)CC1. The van der Waals surface area contributed by atoms with Crippen LogP contribution in [-0.2, 0) is 23.0 Å². The molecule has 0 spiro atoms. The van der Waals surface area contributed by atoms with Crippen LogP contribution in [0.4, 0.5) is 18.9 Å². The second-order valence-corrected chi connectivity index (χ2v) is 13.0. The van der Waals surface area contributed by atoms with Gasteiger partial charge in [0.1, 0.15) is 6.61 Å². The van der Waals surface area contributed by atoms with Crippen LogP contribution >= 0.6 is 0 Å². The first-order valence-electron chi connectivity index (χ1n) is 16.1. The van der Waals surface area contributed by atoms with E-state index >= 15 is 0 Å². The summed E-state index contributed by atoms with van der Waals surface area (Å²) < 4.78 is 44.4. The highest BCUT2D eigenvalue weighted by atomic mass is 19.4. The van der Waals surface area contributed by atoms with E-state index in [9.17, 15) is 22.8 Å². The van der Waals surface area contributed by atoms with Crippen molar-refractivity contribution in [3.05, 3.63) is 23.4 Å². The van der Waals surface area contributed by atoms with Gasteiger partial charge in [-0.15, -0.1) is 0 Å². The Labute approximate surface area is 257 Å². The summed E-state index contributed by atoms with van der Waals surface area (Å²) >= 11 is 0. The first-order chi connectivity index (χ1) is 20.9. The molecule has 44 heavy (non-hydrogen) atoms. The number of carbonyl (C=O) groups excluding carboxylic acids is 2. The number of amides is 2. The Kier molecular flexibility index (Phi) is 9.79. The van der Waals surface area contributed by atoms with Crippen LogP contribution in [0.3, 0.4) is 0 Å². The molecule has 3 unspecified atom stereocenters. The average molecular weight is 621 g/mol. The van der Waals surface area contributed by atoms with E-state index < -0.39 is 12.8 Å². The summed E-state index contributed by atoms with van der Waals surface area (Å²) in [4.78, 5) is 31.1. The minimum Gasteiger partial charge on any atom is -0.368 e. The molecule has 0 radical (unpaired) electrons. The van der Waals surface area contributed by atoms with Crippen LogP contribution in [0, 0.1) is 11.8 Å². The number of nitrogens with zero attached hydrogens (tertiary/aromatic N) is 4. The van der Waals surface area contributed by atoms with Gasteiger partial charge < -0.3 is 20.3 Å². The highest BCUT2D eigenvalue weighted by Gasteiger charge is 2.39. The third kappa shape index (κ3) is 6.85. The summed E-state index contributed by atoms with van der Waals surface area (Å²) in [6, 6.07) is 2.69. The predicted octanol–water partition coefficient (Wildman–Crippen LogP) is 4.43. The summed E-state index contributed by atoms with van der Waals surface area (Å²) in [5.74, 6) is -0.268. The van der Waals surface area contributed by atoms with Gasteiger partial charge in [-0.2, -0.15) is 18.3 Å². The van der Waals surface area contributed by atoms with Crippen molar-refractivity contribution in [3.8, 4) is 0 Å². The van der Waals surface area contributed by atoms with Crippen molar-refractivity contribution in [2.75, 3.05) is 37.7 Å². The first-order valence-corrected chi connectivity index (χ1v) is 16.1. The molecule has 5 rings (SSSR count). The standard InChI is InChI=1S/C32H47F3N6O3/c1-6-24-25(30(42)36-14-26-19(3)12-20(4)38-31(26)43)13-28-27(15-37-39(28)5)29(24)41(7-2)22-10-8-21(9-11-22)40-16-23(17-40)44-18-32(33,34)35/h13,15,19-23,26H,6-12,14,16-18H2,1-5H3,(H,36,42)(H,38,43). The van der Waals surface area contributed by atoms with E-state index in [1.165, 1.54) is 0 Å². The van der Waals surface area contributed by atoms with Crippen molar-refractivity contribution < 1.29 is 27.5 Å². The van der Waals surface area contributed by atoms with Crippen molar-refractivity contribution in [3.63, 3.8) is 0 Å². The Morgan fingerprint density at radius 3 is 2.50 bits per heavy atom. The maximum absolute atomic E-state index is 13.8. The van der Waals surface area contributed by atoms with Gasteiger partial charge in [-0.3, -0.25) is 19.2 Å². The summed E-state index contributed by atoms with van der Waals surface area (Å²) in [7, 11) is 1.88. The maximum Gasteiger partial charge on any atom is 0.411 e. The molecule has 2 amide bonds. The average Bonchev–Trinajstić information content (AvgIpc) is 3.31. The molecule has 244 valence electrons. The van der Waals surface area contributed by atoms with E-state index in [0.29, 0.717) is 37.7 Å². The lowest BCUT2D eigenvalue weighted by Gasteiger charge is -2.48. The molecule has 1 aliphatic carbocycles. The lowest BCUT2D eigenvalue weighted by Crippen LogP contribution is -2.58. The molecule has 12 heteroatoms. The summed E-state index contributed by atoms with van der Waals surface area (Å²) in [6.45, 7) is 9.27. The number of halogens is 3. The normalized spacial score (nSPS) is 26.8. The van der Waals surface area contributed by atoms with Gasteiger partial charge in [0.15, 0.2) is 0 Å². The summed E-state index contributed by atoms with van der Waals surface area (Å²) in [5, 5.41) is 11.7. The Hall–Kier alpha value is -2.86. The van der Waals surface area contributed by atoms with Gasteiger partial charge in [0, 0.05) is 62.3 Å². The number of hydrogen-bond donors (Lipinski definition) is 2. The fraction of sp³-hybridized carbons (Fsp3) is 0.719. The molecule has 9 nitrogen and oxygen atoms in total. The number of ether oxygens (including phenoxy) is 1. The van der Waals surface area contributed by atoms with Crippen LogP contribution in [0.5, 0.6) is 0 Å². The van der Waals surface area contributed by atoms with Crippen molar-refractivity contribution in [2.45, 2.75) is 96.6 Å². The van der Waals surface area contributed by atoms with E-state index in [-0.39, 0.29) is 41.8 Å². The molecule has 2 aromatic rings. The number of aromatic nitrogens is 2. The number of benzene rings is 1. The van der Waals surface area contributed by atoms with Gasteiger partial charge in [0.25, 0.3) is 5.91 Å². The number of carbonyl (C=O) groups is 2. The summed E-state index contributed by atoms with van der Waals surface area (Å²) in [6.07, 6.45) is 2.64. The van der Waals surface area contributed by atoms with Crippen molar-refractivity contribution >= 4 is 28.4 Å². The van der Waals surface area contributed by atoms with Gasteiger partial charge in [-0.25, -0.2) is 0 Å². The van der Waals surface area contributed by atoms with Gasteiger partial charge in [-0.05, 0) is 69.9 Å². The maximum atomic E-state index is 13.8. The molecular formula is C32H47F3N6O3. The van der Waals surface area contributed by atoms with E-state index in [4.69, 9.17) is 4.74 Å². The Bertz CT molecular complexity index is 1330. The largest absolute Gasteiger partial charge is 0.411 e. The Balaban J connectivity index is 1.31. The fourth-order valence-electron chi connectivity index (χ4n) is 7.60. The van der Waals surface area contributed by atoms with Crippen molar-refractivity contribution in [1.82, 2.24) is 25.3 Å². The number of anilines is 1. The topological polar surface area (TPSA) is 91.7 Å².